The van der Waals surface area contributed by atoms with Crippen LogP contribution in [0.5, 0.6) is 0 Å². The predicted molar refractivity (Wildman–Crippen MR) is 76.6 cm³/mol. The molecule has 1 amide bonds. The molecule has 18 heavy (non-hydrogen) atoms. The van der Waals surface area contributed by atoms with Crippen molar-refractivity contribution in [2.75, 3.05) is 11.4 Å². The number of aryl methyl sites for hydroxylation is 1. The monoisotopic (exact) mass is 263 g/mol. The highest BCUT2D eigenvalue weighted by atomic mass is 32.1. The van der Waals surface area contributed by atoms with E-state index in [1.54, 1.807) is 0 Å². The van der Waals surface area contributed by atoms with Gasteiger partial charge in [-0.2, -0.15) is 0 Å². The molecule has 1 unspecified atom stereocenters. The fourth-order valence-electron chi connectivity index (χ4n) is 2.57. The number of amides is 1. The minimum Gasteiger partial charge on any atom is -0.389 e. The molecule has 0 radical (unpaired) electrons. The standard InChI is InChI=1S/C13H17N3OS/c1-8-4-2-5-9(13(15)18)11(8)16-7-3-6-10(16)12(14)17/h2,4-5,10H,3,6-7H2,1H3,(H2,14,17)(H2,15,18). The zero-order chi connectivity index (χ0) is 13.3. The number of nitrogens with zero attached hydrogens (tertiary/aromatic N) is 1. The van der Waals surface area contributed by atoms with Gasteiger partial charge in [-0.1, -0.05) is 24.4 Å². The van der Waals surface area contributed by atoms with Crippen molar-refractivity contribution in [2.24, 2.45) is 11.5 Å². The van der Waals surface area contributed by atoms with E-state index in [4.69, 9.17) is 23.7 Å². The lowest BCUT2D eigenvalue weighted by Gasteiger charge is -2.28. The summed E-state index contributed by atoms with van der Waals surface area (Å²) in [6.45, 7) is 2.81. The summed E-state index contributed by atoms with van der Waals surface area (Å²) in [7, 11) is 0. The number of hydrogen-bond acceptors (Lipinski definition) is 3. The van der Waals surface area contributed by atoms with Gasteiger partial charge in [0, 0.05) is 12.1 Å². The van der Waals surface area contributed by atoms with E-state index in [2.05, 4.69) is 0 Å². The van der Waals surface area contributed by atoms with E-state index in [9.17, 15) is 4.79 Å². The summed E-state index contributed by atoms with van der Waals surface area (Å²) in [5.41, 5.74) is 14.0. The van der Waals surface area contributed by atoms with Crippen LogP contribution in [0.4, 0.5) is 5.69 Å². The summed E-state index contributed by atoms with van der Waals surface area (Å²) in [6, 6.07) is 5.55. The Bertz CT molecular complexity index is 501. The number of nitrogens with two attached hydrogens (primary N) is 2. The molecule has 96 valence electrons. The molecule has 1 aliphatic heterocycles. The molecule has 0 spiro atoms. The van der Waals surface area contributed by atoms with Crippen LogP contribution in [-0.4, -0.2) is 23.5 Å². The van der Waals surface area contributed by atoms with Crippen LogP contribution in [0, 0.1) is 6.92 Å². The molecular weight excluding hydrogens is 246 g/mol. The van der Waals surface area contributed by atoms with Crippen LogP contribution in [-0.2, 0) is 4.79 Å². The molecule has 4 N–H and O–H groups in total. The van der Waals surface area contributed by atoms with Crippen LogP contribution in [0.2, 0.25) is 0 Å². The van der Waals surface area contributed by atoms with Crippen molar-refractivity contribution in [3.05, 3.63) is 29.3 Å². The first-order valence-electron chi connectivity index (χ1n) is 5.97. The zero-order valence-electron chi connectivity index (χ0n) is 10.3. The molecule has 1 aliphatic rings. The fraction of sp³-hybridized carbons (Fsp3) is 0.385. The summed E-state index contributed by atoms with van der Waals surface area (Å²) in [6.07, 6.45) is 1.75. The smallest absolute Gasteiger partial charge is 0.240 e. The number of anilines is 1. The number of carbonyl (C=O) groups is 1. The Morgan fingerprint density at radius 3 is 2.78 bits per heavy atom. The van der Waals surface area contributed by atoms with Gasteiger partial charge >= 0.3 is 0 Å². The summed E-state index contributed by atoms with van der Waals surface area (Å²) < 4.78 is 0. The largest absolute Gasteiger partial charge is 0.389 e. The van der Waals surface area contributed by atoms with Crippen molar-refractivity contribution in [3.63, 3.8) is 0 Å². The lowest BCUT2D eigenvalue weighted by molar-refractivity contribution is -0.119. The van der Waals surface area contributed by atoms with E-state index in [0.29, 0.717) is 4.99 Å². The third-order valence-electron chi connectivity index (χ3n) is 3.37. The highest BCUT2D eigenvalue weighted by molar-refractivity contribution is 7.80. The number of rotatable bonds is 3. The van der Waals surface area contributed by atoms with Gasteiger partial charge in [0.25, 0.3) is 0 Å². The van der Waals surface area contributed by atoms with E-state index in [1.807, 2.05) is 30.0 Å². The van der Waals surface area contributed by atoms with Crippen molar-refractivity contribution in [3.8, 4) is 0 Å². The molecule has 0 aromatic heterocycles. The minimum absolute atomic E-state index is 0.251. The Balaban J connectivity index is 2.50. The maximum absolute atomic E-state index is 11.5. The average Bonchev–Trinajstić information content (AvgIpc) is 2.77. The van der Waals surface area contributed by atoms with Crippen molar-refractivity contribution < 1.29 is 4.79 Å². The number of primary amides is 1. The van der Waals surface area contributed by atoms with E-state index in [0.717, 1.165) is 36.2 Å². The van der Waals surface area contributed by atoms with Gasteiger partial charge in [-0.25, -0.2) is 0 Å². The van der Waals surface area contributed by atoms with E-state index < -0.39 is 0 Å². The number of carbonyl (C=O) groups excluding carboxylic acids is 1. The second-order valence-corrected chi connectivity index (χ2v) is 5.03. The molecule has 1 atom stereocenters. The molecule has 0 aliphatic carbocycles. The zero-order valence-corrected chi connectivity index (χ0v) is 11.2. The minimum atomic E-state index is -0.287. The van der Waals surface area contributed by atoms with Gasteiger partial charge in [0.1, 0.15) is 11.0 Å². The van der Waals surface area contributed by atoms with E-state index >= 15 is 0 Å². The number of hydrogen-bond donors (Lipinski definition) is 2. The Hall–Kier alpha value is -1.62. The van der Waals surface area contributed by atoms with Gasteiger partial charge in [0.15, 0.2) is 0 Å². The Labute approximate surface area is 112 Å². The van der Waals surface area contributed by atoms with Gasteiger partial charge in [0.2, 0.25) is 5.91 Å². The Kier molecular flexibility index (Phi) is 3.52. The highest BCUT2D eigenvalue weighted by Crippen LogP contribution is 2.31. The molecule has 1 heterocycles. The number of benzene rings is 1. The molecule has 1 fully saturated rings. The Morgan fingerprint density at radius 2 is 2.17 bits per heavy atom. The van der Waals surface area contributed by atoms with Crippen LogP contribution >= 0.6 is 12.2 Å². The van der Waals surface area contributed by atoms with Gasteiger partial charge in [-0.15, -0.1) is 0 Å². The molecule has 1 saturated heterocycles. The molecular formula is C13H17N3OS. The van der Waals surface area contributed by atoms with Crippen molar-refractivity contribution in [2.45, 2.75) is 25.8 Å². The fourth-order valence-corrected chi connectivity index (χ4v) is 2.73. The lowest BCUT2D eigenvalue weighted by Crippen LogP contribution is -2.41. The first-order chi connectivity index (χ1) is 8.52. The van der Waals surface area contributed by atoms with Gasteiger partial charge in [-0.3, -0.25) is 4.79 Å². The molecule has 0 bridgehead atoms. The molecule has 4 nitrogen and oxygen atoms in total. The Morgan fingerprint density at radius 1 is 1.44 bits per heavy atom. The van der Waals surface area contributed by atoms with E-state index in [1.165, 1.54) is 0 Å². The second kappa shape index (κ2) is 4.94. The topological polar surface area (TPSA) is 72.3 Å². The molecule has 1 aromatic carbocycles. The average molecular weight is 263 g/mol. The molecule has 2 rings (SSSR count). The van der Waals surface area contributed by atoms with Crippen LogP contribution in [0.3, 0.4) is 0 Å². The normalized spacial score (nSPS) is 18.9. The number of thiocarbonyl (C=S) groups is 1. The summed E-state index contributed by atoms with van der Waals surface area (Å²) in [5.74, 6) is -0.287. The summed E-state index contributed by atoms with van der Waals surface area (Å²) in [5, 5.41) is 0. The van der Waals surface area contributed by atoms with Crippen molar-refractivity contribution in [1.29, 1.82) is 0 Å². The maximum atomic E-state index is 11.5. The van der Waals surface area contributed by atoms with Crippen molar-refractivity contribution in [1.82, 2.24) is 0 Å². The quantitative estimate of drug-likeness (QED) is 0.801. The van der Waals surface area contributed by atoms with Crippen LogP contribution in [0.15, 0.2) is 18.2 Å². The predicted octanol–water partition coefficient (Wildman–Crippen LogP) is 1.08. The third-order valence-corrected chi connectivity index (χ3v) is 3.59. The first-order valence-corrected chi connectivity index (χ1v) is 6.38. The van der Waals surface area contributed by atoms with Crippen LogP contribution < -0.4 is 16.4 Å². The third kappa shape index (κ3) is 2.18. The second-order valence-electron chi connectivity index (χ2n) is 4.59. The van der Waals surface area contributed by atoms with Gasteiger partial charge in [-0.05, 0) is 31.4 Å². The van der Waals surface area contributed by atoms with E-state index in [-0.39, 0.29) is 11.9 Å². The summed E-state index contributed by atoms with van der Waals surface area (Å²) >= 11 is 5.08. The van der Waals surface area contributed by atoms with Crippen molar-refractivity contribution >= 4 is 28.8 Å². The van der Waals surface area contributed by atoms with Gasteiger partial charge in [0.05, 0.1) is 5.69 Å². The number of para-hydroxylation sites is 1. The molecule has 0 saturated carbocycles. The highest BCUT2D eigenvalue weighted by Gasteiger charge is 2.31. The summed E-state index contributed by atoms with van der Waals surface area (Å²) in [4.78, 5) is 13.9. The maximum Gasteiger partial charge on any atom is 0.240 e. The SMILES string of the molecule is Cc1cccc(C(N)=S)c1N1CCCC1C(N)=O. The first kappa shape index (κ1) is 12.8. The van der Waals surface area contributed by atoms with Crippen LogP contribution in [0.25, 0.3) is 0 Å². The molecule has 5 heteroatoms. The molecule has 1 aromatic rings. The van der Waals surface area contributed by atoms with Crippen LogP contribution in [0.1, 0.15) is 24.0 Å². The van der Waals surface area contributed by atoms with Gasteiger partial charge < -0.3 is 16.4 Å². The lowest BCUT2D eigenvalue weighted by atomic mass is 10.1.